The molecule has 0 unspecified atom stereocenters. The van der Waals surface area contributed by atoms with Gasteiger partial charge in [-0.1, -0.05) is 64.7 Å². The highest BCUT2D eigenvalue weighted by atomic mass is 32.2. The van der Waals surface area contributed by atoms with Crippen molar-refractivity contribution in [3.8, 4) is 11.3 Å². The van der Waals surface area contributed by atoms with Crippen molar-refractivity contribution in [3.63, 3.8) is 0 Å². The third kappa shape index (κ3) is 4.09. The summed E-state index contributed by atoms with van der Waals surface area (Å²) in [6, 6.07) is 18.0. The molecule has 0 spiro atoms. The lowest BCUT2D eigenvalue weighted by Gasteiger charge is -2.00. The van der Waals surface area contributed by atoms with Crippen LogP contribution in [0.4, 0.5) is 15.2 Å². The number of thioether (sulfide) groups is 1. The molecule has 0 fully saturated rings. The highest BCUT2D eigenvalue weighted by Crippen LogP contribution is 2.30. The fourth-order valence-corrected chi connectivity index (χ4v) is 3.92. The number of halogens is 1. The van der Waals surface area contributed by atoms with Gasteiger partial charge in [-0.25, -0.2) is 4.39 Å². The van der Waals surface area contributed by atoms with E-state index in [9.17, 15) is 4.39 Å². The molecule has 2 heterocycles. The van der Waals surface area contributed by atoms with Crippen LogP contribution in [-0.2, 0) is 5.75 Å². The third-order valence-corrected chi connectivity index (χ3v) is 5.45. The molecule has 0 aliphatic carbocycles. The van der Waals surface area contributed by atoms with Crippen molar-refractivity contribution in [1.82, 2.24) is 15.4 Å². The van der Waals surface area contributed by atoms with Gasteiger partial charge < -0.3 is 9.84 Å². The molecule has 0 amide bonds. The van der Waals surface area contributed by atoms with E-state index in [1.54, 1.807) is 12.1 Å². The molecule has 0 bridgehead atoms. The number of rotatable bonds is 6. The Kier molecular flexibility index (Phi) is 4.94. The highest BCUT2D eigenvalue weighted by molar-refractivity contribution is 8.00. The van der Waals surface area contributed by atoms with E-state index in [1.165, 1.54) is 35.2 Å². The van der Waals surface area contributed by atoms with Crippen molar-refractivity contribution < 1.29 is 8.91 Å². The molecule has 2 aromatic heterocycles. The lowest BCUT2D eigenvalue weighted by atomic mass is 10.2. The van der Waals surface area contributed by atoms with Crippen LogP contribution in [0, 0.1) is 5.82 Å². The predicted molar refractivity (Wildman–Crippen MR) is 101 cm³/mol. The quantitative estimate of drug-likeness (QED) is 0.451. The Morgan fingerprint density at radius 3 is 2.77 bits per heavy atom. The van der Waals surface area contributed by atoms with Gasteiger partial charge in [0.05, 0.1) is 5.69 Å². The molecule has 2 aromatic carbocycles. The van der Waals surface area contributed by atoms with Gasteiger partial charge in [-0.3, -0.25) is 0 Å². The summed E-state index contributed by atoms with van der Waals surface area (Å²) in [6.07, 6.45) is 0. The number of nitrogens with one attached hydrogen (secondary N) is 1. The van der Waals surface area contributed by atoms with E-state index in [0.717, 1.165) is 21.4 Å². The molecule has 0 saturated carbocycles. The topological polar surface area (TPSA) is 63.8 Å². The minimum absolute atomic E-state index is 0.297. The van der Waals surface area contributed by atoms with Gasteiger partial charge in [-0.05, 0) is 18.2 Å². The van der Waals surface area contributed by atoms with Crippen molar-refractivity contribution in [2.24, 2.45) is 0 Å². The molecular formula is C18H13FN4OS2. The summed E-state index contributed by atoms with van der Waals surface area (Å²) < 4.78 is 19.4. The van der Waals surface area contributed by atoms with Gasteiger partial charge in [0.25, 0.3) is 0 Å². The fraction of sp³-hybridized carbons (Fsp3) is 0.0556. The smallest absolute Gasteiger partial charge is 0.210 e. The van der Waals surface area contributed by atoms with Crippen LogP contribution >= 0.6 is 23.1 Å². The highest BCUT2D eigenvalue weighted by Gasteiger charge is 2.10. The van der Waals surface area contributed by atoms with Crippen molar-refractivity contribution in [3.05, 3.63) is 72.2 Å². The van der Waals surface area contributed by atoms with E-state index in [1.807, 2.05) is 36.4 Å². The van der Waals surface area contributed by atoms with E-state index in [4.69, 9.17) is 4.52 Å². The maximum Gasteiger partial charge on any atom is 0.210 e. The number of benzene rings is 2. The first-order chi connectivity index (χ1) is 12.8. The molecule has 5 nitrogen and oxygen atoms in total. The van der Waals surface area contributed by atoms with E-state index >= 15 is 0 Å². The summed E-state index contributed by atoms with van der Waals surface area (Å²) in [5.41, 5.74) is 2.47. The molecule has 4 rings (SSSR count). The van der Waals surface area contributed by atoms with Crippen molar-refractivity contribution in [2.75, 3.05) is 5.32 Å². The van der Waals surface area contributed by atoms with Gasteiger partial charge in [0, 0.05) is 23.1 Å². The number of hydrogen-bond acceptors (Lipinski definition) is 7. The van der Waals surface area contributed by atoms with Crippen LogP contribution in [-0.4, -0.2) is 15.4 Å². The summed E-state index contributed by atoms with van der Waals surface area (Å²) in [5, 5.41) is 16.0. The first-order valence-corrected chi connectivity index (χ1v) is 9.56. The molecule has 4 aromatic rings. The lowest BCUT2D eigenvalue weighted by molar-refractivity contribution is 0.426. The van der Waals surface area contributed by atoms with Crippen LogP contribution in [0.1, 0.15) is 5.69 Å². The van der Waals surface area contributed by atoms with Crippen molar-refractivity contribution >= 4 is 33.9 Å². The number of nitrogens with zero attached hydrogens (tertiary/aromatic N) is 3. The Labute approximate surface area is 157 Å². The summed E-state index contributed by atoms with van der Waals surface area (Å²) in [6.45, 7) is 0. The Balaban J connectivity index is 1.37. The van der Waals surface area contributed by atoms with E-state index in [-0.39, 0.29) is 5.82 Å². The fourth-order valence-electron chi connectivity index (χ4n) is 2.26. The van der Waals surface area contributed by atoms with Crippen LogP contribution in [0.25, 0.3) is 11.3 Å². The average Bonchev–Trinajstić information content (AvgIpc) is 3.30. The van der Waals surface area contributed by atoms with Crippen LogP contribution in [0.3, 0.4) is 0 Å². The second-order valence-electron chi connectivity index (χ2n) is 5.35. The number of hydrogen-bond donors (Lipinski definition) is 1. The molecule has 0 aliphatic heterocycles. The zero-order valence-corrected chi connectivity index (χ0v) is 15.1. The Morgan fingerprint density at radius 2 is 1.92 bits per heavy atom. The Hall–Kier alpha value is -2.71. The van der Waals surface area contributed by atoms with E-state index in [0.29, 0.717) is 16.6 Å². The summed E-state index contributed by atoms with van der Waals surface area (Å²) in [7, 11) is 0. The molecule has 26 heavy (non-hydrogen) atoms. The zero-order chi connectivity index (χ0) is 17.8. The molecule has 0 atom stereocenters. The third-order valence-electron chi connectivity index (χ3n) is 3.44. The molecule has 0 aliphatic rings. The van der Waals surface area contributed by atoms with Gasteiger partial charge in [0.2, 0.25) is 5.13 Å². The van der Waals surface area contributed by atoms with Gasteiger partial charge in [0.1, 0.15) is 5.82 Å². The maximum absolute atomic E-state index is 13.2. The lowest BCUT2D eigenvalue weighted by Crippen LogP contribution is -1.89. The second-order valence-corrected chi connectivity index (χ2v) is 7.55. The van der Waals surface area contributed by atoms with Gasteiger partial charge in [-0.2, -0.15) is 0 Å². The van der Waals surface area contributed by atoms with Crippen LogP contribution < -0.4 is 5.32 Å². The largest absolute Gasteiger partial charge is 0.356 e. The average molecular weight is 384 g/mol. The maximum atomic E-state index is 13.2. The first-order valence-electron chi connectivity index (χ1n) is 7.76. The molecule has 130 valence electrons. The van der Waals surface area contributed by atoms with Crippen molar-refractivity contribution in [1.29, 1.82) is 0 Å². The van der Waals surface area contributed by atoms with E-state index < -0.39 is 0 Å². The first kappa shape index (κ1) is 16.7. The normalized spacial score (nSPS) is 10.8. The molecule has 0 saturated heterocycles. The van der Waals surface area contributed by atoms with Gasteiger partial charge in [0.15, 0.2) is 10.1 Å². The Bertz CT molecular complexity index is 1000. The second kappa shape index (κ2) is 7.67. The van der Waals surface area contributed by atoms with Crippen molar-refractivity contribution in [2.45, 2.75) is 10.1 Å². The minimum Gasteiger partial charge on any atom is -0.356 e. The van der Waals surface area contributed by atoms with E-state index in [2.05, 4.69) is 20.7 Å². The molecule has 8 heteroatoms. The Morgan fingerprint density at radius 1 is 1.04 bits per heavy atom. The summed E-state index contributed by atoms with van der Waals surface area (Å²) >= 11 is 2.93. The van der Waals surface area contributed by atoms with Crippen LogP contribution in [0.15, 0.2) is 69.5 Å². The molecule has 0 radical (unpaired) electrons. The monoisotopic (exact) mass is 384 g/mol. The minimum atomic E-state index is -0.297. The van der Waals surface area contributed by atoms with Crippen LogP contribution in [0.2, 0.25) is 0 Å². The molecule has 1 N–H and O–H groups in total. The number of aromatic nitrogens is 3. The standard InChI is InChI=1S/C18H13FN4OS2/c19-13-7-4-8-14(9-13)20-17-21-22-18(26-17)25-11-15-10-16(24-23-15)12-5-2-1-3-6-12/h1-10H,11H2,(H,20,21). The molecular weight excluding hydrogens is 371 g/mol. The number of anilines is 2. The van der Waals surface area contributed by atoms with Gasteiger partial charge >= 0.3 is 0 Å². The predicted octanol–water partition coefficient (Wildman–Crippen LogP) is 5.37. The SMILES string of the molecule is Fc1cccc(Nc2nnc(SCc3cc(-c4ccccc4)on3)s2)c1. The van der Waals surface area contributed by atoms with Gasteiger partial charge in [-0.15, -0.1) is 10.2 Å². The zero-order valence-electron chi connectivity index (χ0n) is 13.4. The summed E-state index contributed by atoms with van der Waals surface area (Å²) in [4.78, 5) is 0. The van der Waals surface area contributed by atoms with Crippen LogP contribution in [0.5, 0.6) is 0 Å². The summed E-state index contributed by atoms with van der Waals surface area (Å²) in [5.74, 6) is 1.08.